The molecule has 0 aromatic heterocycles. The molecule has 69 valence electrons. The summed E-state index contributed by atoms with van der Waals surface area (Å²) in [5.74, 6) is 0. The second-order valence-electron chi connectivity index (χ2n) is 4.33. The normalized spacial score (nSPS) is 12.5. The van der Waals surface area contributed by atoms with Crippen molar-refractivity contribution in [2.75, 3.05) is 0 Å². The summed E-state index contributed by atoms with van der Waals surface area (Å²) in [4.78, 5) is 0. The fourth-order valence-electron chi connectivity index (χ4n) is 0.892. The molecule has 0 aliphatic rings. The van der Waals surface area contributed by atoms with Crippen LogP contribution in [0.15, 0.2) is 0 Å². The number of rotatable bonds is 4. The van der Waals surface area contributed by atoms with Gasteiger partial charge in [0.05, 0.1) is 11.2 Å². The second-order valence-corrected chi connectivity index (χ2v) is 4.33. The van der Waals surface area contributed by atoms with Crippen molar-refractivity contribution < 1.29 is 4.74 Å². The summed E-state index contributed by atoms with van der Waals surface area (Å²) < 4.78 is 5.92. The first-order valence-electron chi connectivity index (χ1n) is 4.53. The quantitative estimate of drug-likeness (QED) is 0.606. The van der Waals surface area contributed by atoms with Crippen LogP contribution in [0.1, 0.15) is 54.4 Å². The van der Waals surface area contributed by atoms with Crippen LogP contribution in [0.2, 0.25) is 0 Å². The van der Waals surface area contributed by atoms with E-state index in [0.717, 1.165) is 12.8 Å². The Labute approximate surface area is 99.6 Å². The van der Waals surface area contributed by atoms with E-state index in [-0.39, 0.29) is 40.8 Å². The van der Waals surface area contributed by atoms with Gasteiger partial charge in [-0.25, -0.2) is 0 Å². The van der Waals surface area contributed by atoms with E-state index in [9.17, 15) is 0 Å². The van der Waals surface area contributed by atoms with Crippen molar-refractivity contribution in [3.05, 3.63) is 0 Å². The molecule has 0 unspecified atom stereocenters. The van der Waals surface area contributed by atoms with Gasteiger partial charge in [0.2, 0.25) is 0 Å². The van der Waals surface area contributed by atoms with Crippen LogP contribution in [-0.4, -0.2) is 40.8 Å². The van der Waals surface area contributed by atoms with Crippen LogP contribution in [-0.2, 0) is 4.74 Å². The van der Waals surface area contributed by atoms with E-state index in [4.69, 9.17) is 4.74 Å². The summed E-state index contributed by atoms with van der Waals surface area (Å²) in [6.45, 7) is 12.9. The van der Waals surface area contributed by atoms with Gasteiger partial charge in [-0.15, -0.1) is 0 Å². The SMILES string of the molecule is CCC(C)(C)OC(C)(C)CC.[Na]. The zero-order chi connectivity index (χ0) is 9.12. The third-order valence-corrected chi connectivity index (χ3v) is 2.26. The molecule has 0 aliphatic carbocycles. The van der Waals surface area contributed by atoms with Crippen molar-refractivity contribution in [2.24, 2.45) is 0 Å². The molecule has 2 heteroatoms. The fourth-order valence-corrected chi connectivity index (χ4v) is 0.892. The van der Waals surface area contributed by atoms with Gasteiger partial charge < -0.3 is 4.74 Å². The zero-order valence-corrected chi connectivity index (χ0v) is 11.8. The molecule has 0 aliphatic heterocycles. The first-order valence-corrected chi connectivity index (χ1v) is 4.53. The largest absolute Gasteiger partial charge is 0.370 e. The molecule has 1 radical (unpaired) electrons. The van der Waals surface area contributed by atoms with Crippen molar-refractivity contribution >= 4 is 29.6 Å². The van der Waals surface area contributed by atoms with Crippen molar-refractivity contribution in [1.29, 1.82) is 0 Å². The van der Waals surface area contributed by atoms with Gasteiger partial charge in [0.25, 0.3) is 0 Å². The fraction of sp³-hybridized carbons (Fsp3) is 1.00. The maximum atomic E-state index is 5.92. The van der Waals surface area contributed by atoms with Crippen LogP contribution in [0.4, 0.5) is 0 Å². The van der Waals surface area contributed by atoms with Crippen LogP contribution in [0.5, 0.6) is 0 Å². The second kappa shape index (κ2) is 5.64. The minimum atomic E-state index is 0. The van der Waals surface area contributed by atoms with Crippen LogP contribution >= 0.6 is 0 Å². The monoisotopic (exact) mass is 181 g/mol. The number of hydrogen-bond donors (Lipinski definition) is 0. The molecule has 0 atom stereocenters. The molecule has 1 nitrogen and oxygen atoms in total. The Kier molecular flexibility index (Phi) is 7.25. The average Bonchev–Trinajstić information content (AvgIpc) is 1.86. The van der Waals surface area contributed by atoms with Gasteiger partial charge in [-0.2, -0.15) is 0 Å². The minimum absolute atomic E-state index is 0. The first-order chi connectivity index (χ1) is 4.83. The van der Waals surface area contributed by atoms with Crippen molar-refractivity contribution in [1.82, 2.24) is 0 Å². The maximum Gasteiger partial charge on any atom is 0.0631 e. The Balaban J connectivity index is 0. The van der Waals surface area contributed by atoms with E-state index in [1.165, 1.54) is 0 Å². The summed E-state index contributed by atoms with van der Waals surface area (Å²) in [7, 11) is 0. The van der Waals surface area contributed by atoms with E-state index in [1.54, 1.807) is 0 Å². The van der Waals surface area contributed by atoms with Gasteiger partial charge in [-0.1, -0.05) is 13.8 Å². The summed E-state index contributed by atoms with van der Waals surface area (Å²) in [5.41, 5.74) is 0.0546. The molecule has 0 rings (SSSR count). The maximum absolute atomic E-state index is 5.92. The molecule has 0 bridgehead atoms. The standard InChI is InChI=1S/C10H22O.Na/c1-7-9(3,4)11-10(5,6)8-2;/h7-8H2,1-6H3;. The topological polar surface area (TPSA) is 9.23 Å². The van der Waals surface area contributed by atoms with Crippen molar-refractivity contribution in [3.63, 3.8) is 0 Å². The van der Waals surface area contributed by atoms with Crippen LogP contribution in [0.3, 0.4) is 0 Å². The Morgan fingerprint density at radius 2 is 1.08 bits per heavy atom. The van der Waals surface area contributed by atoms with Crippen LogP contribution in [0.25, 0.3) is 0 Å². The average molecular weight is 181 g/mol. The van der Waals surface area contributed by atoms with E-state index in [2.05, 4.69) is 41.5 Å². The number of hydrogen-bond acceptors (Lipinski definition) is 1. The van der Waals surface area contributed by atoms with Crippen molar-refractivity contribution in [3.8, 4) is 0 Å². The molecular formula is C10H22NaO. The Hall–Kier alpha value is 0.960. The van der Waals surface area contributed by atoms with Gasteiger partial charge in [0, 0.05) is 29.6 Å². The van der Waals surface area contributed by atoms with Gasteiger partial charge in [-0.3, -0.25) is 0 Å². The van der Waals surface area contributed by atoms with Crippen LogP contribution < -0.4 is 0 Å². The van der Waals surface area contributed by atoms with Gasteiger partial charge in [0.15, 0.2) is 0 Å². The first kappa shape index (κ1) is 15.4. The summed E-state index contributed by atoms with van der Waals surface area (Å²) in [6.07, 6.45) is 2.13. The smallest absolute Gasteiger partial charge is 0.0631 e. The molecule has 0 fully saturated rings. The Morgan fingerprint density at radius 3 is 1.25 bits per heavy atom. The molecule has 0 saturated carbocycles. The Morgan fingerprint density at radius 1 is 0.833 bits per heavy atom. The third kappa shape index (κ3) is 6.47. The van der Waals surface area contributed by atoms with Crippen molar-refractivity contribution in [2.45, 2.75) is 65.6 Å². The molecular weight excluding hydrogens is 159 g/mol. The predicted octanol–water partition coefficient (Wildman–Crippen LogP) is 3.00. The Bertz CT molecular complexity index is 105. The molecule has 0 aromatic carbocycles. The molecule has 0 aromatic rings. The van der Waals surface area contributed by atoms with E-state index >= 15 is 0 Å². The molecule has 0 spiro atoms. The van der Waals surface area contributed by atoms with E-state index in [1.807, 2.05) is 0 Å². The third-order valence-electron chi connectivity index (χ3n) is 2.26. The van der Waals surface area contributed by atoms with E-state index in [0.29, 0.717) is 0 Å². The van der Waals surface area contributed by atoms with Gasteiger partial charge in [-0.05, 0) is 40.5 Å². The van der Waals surface area contributed by atoms with Crippen LogP contribution in [0, 0.1) is 0 Å². The molecule has 0 amide bonds. The molecule has 0 saturated heterocycles. The molecule has 12 heavy (non-hydrogen) atoms. The summed E-state index contributed by atoms with van der Waals surface area (Å²) >= 11 is 0. The van der Waals surface area contributed by atoms with Gasteiger partial charge >= 0.3 is 0 Å². The molecule has 0 N–H and O–H groups in total. The molecule has 0 heterocycles. The zero-order valence-electron chi connectivity index (χ0n) is 9.82. The number of ether oxygens (including phenoxy) is 1. The van der Waals surface area contributed by atoms with E-state index < -0.39 is 0 Å². The summed E-state index contributed by atoms with van der Waals surface area (Å²) in [5, 5.41) is 0. The van der Waals surface area contributed by atoms with Gasteiger partial charge in [0.1, 0.15) is 0 Å². The minimum Gasteiger partial charge on any atom is -0.370 e. The predicted molar refractivity (Wildman–Crippen MR) is 55.6 cm³/mol. The summed E-state index contributed by atoms with van der Waals surface area (Å²) in [6, 6.07) is 0.